The number of nitrogens with zero attached hydrogens (tertiary/aromatic N) is 7. The minimum absolute atomic E-state index is 0.0368. The molecule has 1 atom stereocenters. The maximum Gasteiger partial charge on any atom is 0.336 e. The third-order valence-corrected chi connectivity index (χ3v) is 7.03. The predicted octanol–water partition coefficient (Wildman–Crippen LogP) is 1.09. The van der Waals surface area contributed by atoms with Crippen molar-refractivity contribution >= 4 is 11.9 Å². The lowest BCUT2D eigenvalue weighted by atomic mass is 9.71. The minimum atomic E-state index is -0.315. The number of likely N-dealkylation sites (tertiary alicyclic amines) is 1. The molecule has 1 saturated carbocycles. The van der Waals surface area contributed by atoms with Crippen LogP contribution in [0.2, 0.25) is 0 Å². The van der Waals surface area contributed by atoms with E-state index in [-0.39, 0.29) is 29.9 Å². The third kappa shape index (κ3) is 3.56. The molecule has 2 fully saturated rings. The van der Waals surface area contributed by atoms with Gasteiger partial charge in [0.25, 0.3) is 0 Å². The molecule has 2 aromatic rings. The second-order valence-corrected chi connectivity index (χ2v) is 8.85. The maximum atomic E-state index is 13.3. The number of ether oxygens (including phenoxy) is 1. The number of tetrazole rings is 1. The van der Waals surface area contributed by atoms with Gasteiger partial charge in [0.2, 0.25) is 5.91 Å². The number of esters is 1. The summed E-state index contributed by atoms with van der Waals surface area (Å²) in [5, 5.41) is 14.7. The molecule has 1 saturated heterocycles. The number of aromatic nitrogens is 6. The van der Waals surface area contributed by atoms with Crippen LogP contribution >= 0.6 is 0 Å². The Labute approximate surface area is 185 Å². The van der Waals surface area contributed by atoms with Crippen LogP contribution < -0.4 is 5.32 Å². The fourth-order valence-electron chi connectivity index (χ4n) is 5.01. The largest absolute Gasteiger partial charge is 0.456 e. The first-order valence-corrected chi connectivity index (χ1v) is 11.0. The fourth-order valence-corrected chi connectivity index (χ4v) is 5.01. The van der Waals surface area contributed by atoms with Gasteiger partial charge in [-0.15, -0.1) is 5.10 Å². The molecule has 11 heteroatoms. The van der Waals surface area contributed by atoms with Crippen LogP contribution in [0.4, 0.5) is 0 Å². The van der Waals surface area contributed by atoms with E-state index in [1.165, 1.54) is 11.0 Å². The zero-order valence-corrected chi connectivity index (χ0v) is 18.2. The van der Waals surface area contributed by atoms with Crippen LogP contribution in [0.15, 0.2) is 30.0 Å². The van der Waals surface area contributed by atoms with Gasteiger partial charge in [-0.25, -0.2) is 9.78 Å². The van der Waals surface area contributed by atoms with Crippen molar-refractivity contribution in [2.75, 3.05) is 13.2 Å². The number of cyclic esters (lactones) is 1. The van der Waals surface area contributed by atoms with Gasteiger partial charge in [0.1, 0.15) is 12.9 Å². The Hall–Kier alpha value is -3.21. The molecular formula is C21H26N8O3. The van der Waals surface area contributed by atoms with E-state index in [9.17, 15) is 9.59 Å². The summed E-state index contributed by atoms with van der Waals surface area (Å²) in [6.07, 6.45) is 9.24. The standard InChI is InChI=1S/C21H26N8O3/c1-13-17(11-32-19(13)30)28-8-7-21(20(28)31)5-3-15(4-6-21)25-14(2)16-9-23-18(10-22-16)29-12-24-26-27-29/h9-10,12,14-15,25H,3-8,11H2,1-2H3/t14-,15-,21-/m0/s1. The Morgan fingerprint density at radius 1 is 1.19 bits per heavy atom. The monoisotopic (exact) mass is 438 g/mol. The van der Waals surface area contributed by atoms with E-state index in [1.54, 1.807) is 24.2 Å². The molecule has 2 aromatic heterocycles. The highest BCUT2D eigenvalue weighted by Crippen LogP contribution is 2.46. The second kappa shape index (κ2) is 8.05. The van der Waals surface area contributed by atoms with Crippen molar-refractivity contribution < 1.29 is 14.3 Å². The molecule has 0 aromatic carbocycles. The first-order valence-electron chi connectivity index (χ1n) is 11.0. The highest BCUT2D eigenvalue weighted by Gasteiger charge is 2.50. The van der Waals surface area contributed by atoms with E-state index in [0.29, 0.717) is 24.0 Å². The van der Waals surface area contributed by atoms with Crippen LogP contribution in [0.1, 0.15) is 57.7 Å². The summed E-state index contributed by atoms with van der Waals surface area (Å²) >= 11 is 0. The van der Waals surface area contributed by atoms with Gasteiger partial charge in [-0.3, -0.25) is 9.78 Å². The van der Waals surface area contributed by atoms with Crippen LogP contribution in [0.3, 0.4) is 0 Å². The normalized spacial score (nSPS) is 26.8. The number of hydrogen-bond acceptors (Lipinski definition) is 9. The van der Waals surface area contributed by atoms with E-state index in [1.807, 2.05) is 0 Å². The van der Waals surface area contributed by atoms with Crippen LogP contribution in [-0.4, -0.2) is 66.1 Å². The molecule has 168 valence electrons. The molecule has 1 spiro atoms. The van der Waals surface area contributed by atoms with Gasteiger partial charge in [-0.05, 0) is 56.4 Å². The van der Waals surface area contributed by atoms with Gasteiger partial charge in [-0.1, -0.05) is 0 Å². The number of rotatable bonds is 5. The predicted molar refractivity (Wildman–Crippen MR) is 111 cm³/mol. The van der Waals surface area contributed by atoms with Crippen LogP contribution in [0.5, 0.6) is 0 Å². The van der Waals surface area contributed by atoms with E-state index >= 15 is 0 Å². The Morgan fingerprint density at radius 3 is 2.62 bits per heavy atom. The Bertz CT molecular complexity index is 1040. The molecular weight excluding hydrogens is 412 g/mol. The number of nitrogens with one attached hydrogen (secondary N) is 1. The highest BCUT2D eigenvalue weighted by atomic mass is 16.5. The van der Waals surface area contributed by atoms with Gasteiger partial charge >= 0.3 is 5.97 Å². The molecule has 0 bridgehead atoms. The summed E-state index contributed by atoms with van der Waals surface area (Å²) in [7, 11) is 0. The number of amides is 1. The molecule has 1 aliphatic carbocycles. The quantitative estimate of drug-likeness (QED) is 0.682. The molecule has 5 rings (SSSR count). The SMILES string of the molecule is CC1=C(N2CC[C@]3(CC[C@@H](N[C@@H](C)c4cnc(-n5cnnn5)cn4)CC3)C2=O)COC1=O. The van der Waals surface area contributed by atoms with Gasteiger partial charge in [-0.2, -0.15) is 4.68 Å². The molecule has 0 radical (unpaired) electrons. The molecule has 32 heavy (non-hydrogen) atoms. The van der Waals surface area contributed by atoms with Crippen molar-refractivity contribution in [1.82, 2.24) is 40.4 Å². The zero-order valence-electron chi connectivity index (χ0n) is 18.2. The lowest BCUT2D eigenvalue weighted by Crippen LogP contribution is -2.42. The van der Waals surface area contributed by atoms with Gasteiger partial charge < -0.3 is 15.0 Å². The summed E-state index contributed by atoms with van der Waals surface area (Å²) in [5.41, 5.74) is 1.84. The Balaban J connectivity index is 1.18. The summed E-state index contributed by atoms with van der Waals surface area (Å²) < 4.78 is 6.57. The topological polar surface area (TPSA) is 128 Å². The van der Waals surface area contributed by atoms with Crippen molar-refractivity contribution in [2.45, 2.75) is 58.0 Å². The van der Waals surface area contributed by atoms with Gasteiger partial charge in [0.05, 0.1) is 34.8 Å². The van der Waals surface area contributed by atoms with Crippen molar-refractivity contribution in [1.29, 1.82) is 0 Å². The molecule has 3 aliphatic rings. The molecule has 1 amide bonds. The Kier molecular flexibility index (Phi) is 5.20. The Morgan fingerprint density at radius 2 is 2.00 bits per heavy atom. The molecule has 11 nitrogen and oxygen atoms in total. The first kappa shape index (κ1) is 20.7. The summed E-state index contributed by atoms with van der Waals surface area (Å²) in [5.74, 6) is 0.403. The summed E-state index contributed by atoms with van der Waals surface area (Å²) in [4.78, 5) is 35.7. The van der Waals surface area contributed by atoms with Crippen LogP contribution in [0, 0.1) is 5.41 Å². The van der Waals surface area contributed by atoms with E-state index in [2.05, 4.69) is 37.7 Å². The zero-order chi connectivity index (χ0) is 22.3. The van der Waals surface area contributed by atoms with Crippen LogP contribution in [0.25, 0.3) is 5.82 Å². The van der Waals surface area contributed by atoms with E-state index in [0.717, 1.165) is 43.5 Å². The molecule has 4 heterocycles. The lowest BCUT2D eigenvalue weighted by molar-refractivity contribution is -0.138. The molecule has 0 unspecified atom stereocenters. The smallest absolute Gasteiger partial charge is 0.336 e. The summed E-state index contributed by atoms with van der Waals surface area (Å²) in [6.45, 7) is 4.69. The lowest BCUT2D eigenvalue weighted by Gasteiger charge is -2.37. The minimum Gasteiger partial charge on any atom is -0.456 e. The van der Waals surface area contributed by atoms with E-state index in [4.69, 9.17) is 4.74 Å². The van der Waals surface area contributed by atoms with Crippen molar-refractivity contribution in [2.24, 2.45) is 5.41 Å². The third-order valence-electron chi connectivity index (χ3n) is 7.03. The van der Waals surface area contributed by atoms with Crippen LogP contribution in [-0.2, 0) is 14.3 Å². The van der Waals surface area contributed by atoms with Crippen molar-refractivity contribution in [3.8, 4) is 5.82 Å². The maximum absolute atomic E-state index is 13.3. The first-order chi connectivity index (χ1) is 15.5. The van der Waals surface area contributed by atoms with Gasteiger partial charge in [0, 0.05) is 18.6 Å². The molecule has 1 N–H and O–H groups in total. The fraction of sp³-hybridized carbons (Fsp3) is 0.571. The van der Waals surface area contributed by atoms with Crippen molar-refractivity contribution in [3.05, 3.63) is 35.7 Å². The average Bonchev–Trinajstić information content (AvgIpc) is 3.53. The number of carbonyl (C=O) groups excluding carboxylic acids is 2. The molecule has 2 aliphatic heterocycles. The van der Waals surface area contributed by atoms with Gasteiger partial charge in [0.15, 0.2) is 5.82 Å². The average molecular weight is 438 g/mol. The van der Waals surface area contributed by atoms with Crippen molar-refractivity contribution in [3.63, 3.8) is 0 Å². The number of carbonyl (C=O) groups is 2. The summed E-state index contributed by atoms with van der Waals surface area (Å²) in [6, 6.07) is 0.352. The number of hydrogen-bond donors (Lipinski definition) is 1. The van der Waals surface area contributed by atoms with E-state index < -0.39 is 0 Å². The second-order valence-electron chi connectivity index (χ2n) is 8.85. The highest BCUT2D eigenvalue weighted by molar-refractivity contribution is 5.94.